The van der Waals surface area contributed by atoms with E-state index in [1.807, 2.05) is 118 Å². The number of esters is 1. The molecule has 87 heavy (non-hydrogen) atoms. The molecule has 0 unspecified atom stereocenters. The molecule has 3 aliphatic heterocycles. The molecule has 9 rings (SSSR count). The molecule has 3 aliphatic rings. The Hall–Kier alpha value is -8.06. The third kappa shape index (κ3) is 17.6. The number of rotatable bonds is 11. The summed E-state index contributed by atoms with van der Waals surface area (Å²) >= 11 is 0. The number of hydrogen-bond acceptors (Lipinski definition) is 15. The van der Waals surface area contributed by atoms with Crippen LogP contribution < -0.4 is 56.1 Å². The summed E-state index contributed by atoms with van der Waals surface area (Å²) in [6.07, 6.45) is 4.54. The fourth-order valence-electron chi connectivity index (χ4n) is 10.5. The van der Waals surface area contributed by atoms with Crippen LogP contribution in [-0.4, -0.2) is 122 Å². The second-order valence-electron chi connectivity index (χ2n) is 22.8. The fraction of sp³-hybridized carbons (Fsp3) is 0.415. The van der Waals surface area contributed by atoms with Crippen molar-refractivity contribution in [2.75, 3.05) is 13.1 Å². The van der Waals surface area contributed by atoms with Crippen molar-refractivity contribution >= 4 is 68.9 Å². The maximum absolute atomic E-state index is 13.2. The van der Waals surface area contributed by atoms with Gasteiger partial charge in [-0.25, -0.2) is 10.9 Å². The molecule has 0 radical (unpaired) electrons. The molecule has 7 N–H and O–H groups in total. The molecule has 2 fully saturated rings. The van der Waals surface area contributed by atoms with E-state index >= 15 is 0 Å². The molecule has 22 heteroatoms. The fourth-order valence-corrected chi connectivity index (χ4v) is 10.5. The van der Waals surface area contributed by atoms with Crippen LogP contribution in [0.3, 0.4) is 0 Å². The van der Waals surface area contributed by atoms with E-state index in [9.17, 15) is 48.6 Å². The summed E-state index contributed by atoms with van der Waals surface area (Å²) in [5.74, 6) is -4.68. The van der Waals surface area contributed by atoms with Crippen molar-refractivity contribution in [3.8, 4) is 22.5 Å². The van der Waals surface area contributed by atoms with Gasteiger partial charge in [-0.3, -0.25) is 53.5 Å². The number of carboxylic acids is 1. The number of aromatic nitrogens is 2. The summed E-state index contributed by atoms with van der Waals surface area (Å²) in [5.41, 5.74) is 11.9. The molecule has 21 nitrogen and oxygen atoms in total. The van der Waals surface area contributed by atoms with Crippen LogP contribution in [0, 0.1) is 11.8 Å². The summed E-state index contributed by atoms with van der Waals surface area (Å²) < 4.78 is 5.83. The Kier molecular flexibility index (Phi) is 23.9. The number of hydrazine groups is 2. The number of amides is 6. The van der Waals surface area contributed by atoms with Gasteiger partial charge < -0.3 is 41.0 Å². The molecular weight excluding hydrogens is 1100 g/mol. The van der Waals surface area contributed by atoms with E-state index in [1.165, 1.54) is 16.9 Å². The zero-order valence-electron chi connectivity index (χ0n) is 50.1. The summed E-state index contributed by atoms with van der Waals surface area (Å²) in [6, 6.07) is 25.3. The van der Waals surface area contributed by atoms with Crippen LogP contribution in [0.1, 0.15) is 123 Å². The summed E-state index contributed by atoms with van der Waals surface area (Å²) in [6.45, 7) is 14.6. The maximum Gasteiger partial charge on any atom is 1.00 e. The average Bonchev–Trinajstić information content (AvgIpc) is 1.84. The Morgan fingerprint density at radius 1 is 0.747 bits per heavy atom. The number of benzene rings is 4. The number of fused-ring (bicyclic) bond motifs is 8. The van der Waals surface area contributed by atoms with E-state index < -0.39 is 78.1 Å². The third-order valence-corrected chi connectivity index (χ3v) is 15.4. The molecule has 4 aromatic carbocycles. The van der Waals surface area contributed by atoms with Crippen molar-refractivity contribution < 1.29 is 72.2 Å². The van der Waals surface area contributed by atoms with Crippen LogP contribution in [0.15, 0.2) is 109 Å². The number of aliphatic hydroxyl groups is 1. The van der Waals surface area contributed by atoms with Crippen molar-refractivity contribution in [1.29, 1.82) is 0 Å². The van der Waals surface area contributed by atoms with E-state index in [-0.39, 0.29) is 68.7 Å². The van der Waals surface area contributed by atoms with Gasteiger partial charge in [0.05, 0.1) is 42.3 Å². The number of hydrogen-bond donors (Lipinski definition) is 7. The Bertz CT molecular complexity index is 3490. The standard InChI is InChI=1S/C32H39N5O6.C32H37N5O5.CH4.Li/c1-18(2)29(30(40)34-19(3)31(41)37-12-6-9-26(36-37)32(42)43)35-28(39)14-21-7-5-8-23(13-21)27-16-25-15-22(20(4)38)10-11-24(25)17-33-27;1-18(2)29-30(39)34-19(3)31(40)37-12-6-9-26(36-37)32(41)42-20(4)22-10-11-24-17-33-27(16-25(24)15-22)23-8-5-7-21(13-23)14-28(38)35-29;;/h5,7-8,10-11,13,15-20,26,29,36,38H,6,9,12,14H2,1-4H3,(H,34,40)(H,35,39)(H,42,43);5,7-8,10-11,13,15-20,26,29,36H,6,9,12,14H2,1-4H3,(H,34,39)(H,35,38);1H4;/q;;;+1/p-1/t2*19-,20+,26-,29-;;/m00../s1. The molecule has 7 bridgehead atoms. The first-order valence-corrected chi connectivity index (χ1v) is 28.9. The van der Waals surface area contributed by atoms with Gasteiger partial charge in [0.2, 0.25) is 23.6 Å². The van der Waals surface area contributed by atoms with Gasteiger partial charge in [-0.05, 0) is 135 Å². The van der Waals surface area contributed by atoms with E-state index in [0.717, 1.165) is 66.3 Å². The molecule has 5 heterocycles. The van der Waals surface area contributed by atoms with Crippen LogP contribution in [0.4, 0.5) is 0 Å². The van der Waals surface area contributed by atoms with Gasteiger partial charge in [0.15, 0.2) is 0 Å². The van der Waals surface area contributed by atoms with Gasteiger partial charge >= 0.3 is 24.8 Å². The molecule has 0 spiro atoms. The van der Waals surface area contributed by atoms with E-state index in [2.05, 4.69) is 42.1 Å². The molecule has 0 saturated carbocycles. The molecule has 2 aromatic heterocycles. The number of nitrogens with one attached hydrogen (secondary N) is 6. The number of cyclic esters (lactones) is 1. The number of ether oxygens (including phenoxy) is 1. The first-order valence-electron chi connectivity index (χ1n) is 28.9. The molecule has 8 atom stereocenters. The Balaban J connectivity index is 0.000000272. The predicted molar refractivity (Wildman–Crippen MR) is 323 cm³/mol. The van der Waals surface area contributed by atoms with Crippen LogP contribution in [-0.2, 0) is 55.9 Å². The Morgan fingerprint density at radius 3 is 2.05 bits per heavy atom. The number of carbonyl (C=O) groups is 8. The second kappa shape index (κ2) is 30.5. The van der Waals surface area contributed by atoms with Gasteiger partial charge in [0, 0.05) is 47.4 Å². The van der Waals surface area contributed by atoms with Gasteiger partial charge in [-0.15, -0.1) is 0 Å². The van der Waals surface area contributed by atoms with Gasteiger partial charge in [0.1, 0.15) is 36.3 Å². The van der Waals surface area contributed by atoms with Crippen LogP contribution in [0.5, 0.6) is 0 Å². The largest absolute Gasteiger partial charge is 1.00 e. The second-order valence-corrected chi connectivity index (χ2v) is 22.8. The number of pyridine rings is 2. The quantitative estimate of drug-likeness (QED) is 0.0723. The molecule has 6 aromatic rings. The molecule has 456 valence electrons. The number of aliphatic hydroxyl groups excluding tert-OH is 1. The van der Waals surface area contributed by atoms with Gasteiger partial charge in [0.25, 0.3) is 11.8 Å². The number of aliphatic carboxylic acids is 1. The van der Waals surface area contributed by atoms with Crippen LogP contribution in [0.2, 0.25) is 0 Å². The molecular formula is C65H79LiN10O11. The average molecular weight is 1180 g/mol. The Morgan fingerprint density at radius 2 is 1.39 bits per heavy atom. The zero-order chi connectivity index (χ0) is 61.2. The maximum atomic E-state index is 13.2. The monoisotopic (exact) mass is 1180 g/mol. The topological polar surface area (TPSA) is 294 Å². The normalized spacial score (nSPS) is 20.2. The summed E-state index contributed by atoms with van der Waals surface area (Å²) in [5, 5.41) is 38.5. The first-order chi connectivity index (χ1) is 40.5. The van der Waals surface area contributed by atoms with E-state index in [0.29, 0.717) is 38.8 Å². The Labute approximate surface area is 519 Å². The third-order valence-electron chi connectivity index (χ3n) is 15.4. The molecule has 2 saturated heterocycles. The van der Waals surface area contributed by atoms with Crippen molar-refractivity contribution in [2.24, 2.45) is 11.8 Å². The minimum Gasteiger partial charge on any atom is -0.548 e. The van der Waals surface area contributed by atoms with Crippen molar-refractivity contribution in [2.45, 2.75) is 150 Å². The van der Waals surface area contributed by atoms with E-state index in [4.69, 9.17) is 4.74 Å². The minimum absolute atomic E-state index is 0. The molecule has 0 aliphatic carbocycles. The zero-order valence-corrected chi connectivity index (χ0v) is 50.1. The number of nitrogens with zero attached hydrogens (tertiary/aromatic N) is 4. The van der Waals surface area contributed by atoms with Crippen LogP contribution >= 0.6 is 0 Å². The smallest absolute Gasteiger partial charge is 0.548 e. The van der Waals surface area contributed by atoms with Crippen LogP contribution in [0.25, 0.3) is 44.1 Å². The van der Waals surface area contributed by atoms with E-state index in [1.54, 1.807) is 40.1 Å². The number of carboxylic acid groups (broad SMARTS) is 1. The van der Waals surface area contributed by atoms with Crippen molar-refractivity contribution in [3.05, 3.63) is 132 Å². The van der Waals surface area contributed by atoms with Crippen molar-refractivity contribution in [1.82, 2.24) is 52.1 Å². The number of carbonyl (C=O) groups excluding carboxylic acids is 8. The summed E-state index contributed by atoms with van der Waals surface area (Å²) in [7, 11) is 0. The minimum atomic E-state index is -1.29. The predicted octanol–water partition coefficient (Wildman–Crippen LogP) is 2.23. The van der Waals surface area contributed by atoms with Crippen molar-refractivity contribution in [3.63, 3.8) is 0 Å². The van der Waals surface area contributed by atoms with Gasteiger partial charge in [-0.1, -0.05) is 95.8 Å². The first kappa shape index (κ1) is 68.1. The van der Waals surface area contributed by atoms with Gasteiger partial charge in [-0.2, -0.15) is 0 Å². The SMILES string of the molecule is C.CC(C)[C@@H]1NC(=O)Cc2cccc(c2)-c2cc3cc(ccc3cn2)[C@@H](C)OC(=O)[C@@H]2CCCN(N2)C(=O)[C@H](C)NC1=O.CC(C)[C@H](NC(=O)Cc1cccc(-c2cc3cc([C@@H](C)O)ccc3cn2)c1)C(=O)N[C@@H](C)C(=O)N1CCC[C@@H](C(=O)[O-])N1.[Li+]. The molecule has 6 amide bonds. The summed E-state index contributed by atoms with van der Waals surface area (Å²) in [4.78, 5) is 112.